The second-order valence-corrected chi connectivity index (χ2v) is 5.97. The molecule has 0 heteroatoms. The van der Waals surface area contributed by atoms with Gasteiger partial charge in [0.25, 0.3) is 0 Å². The zero-order valence-corrected chi connectivity index (χ0v) is 19.0. The largest absolute Gasteiger partial charge is 0.0984 e. The average Bonchev–Trinajstić information content (AvgIpc) is 2.99. The molecule has 0 saturated heterocycles. The monoisotopic (exact) mass is 384 g/mol. The molecular weight excluding hydrogens is 348 g/mol. The van der Waals surface area contributed by atoms with E-state index in [-0.39, 0.29) is 0 Å². The quantitative estimate of drug-likeness (QED) is 0.432. The van der Waals surface area contributed by atoms with Crippen molar-refractivity contribution in [2.45, 2.75) is 48.0 Å². The zero-order valence-electron chi connectivity index (χ0n) is 19.0. The van der Waals surface area contributed by atoms with Crippen LogP contribution in [0.1, 0.15) is 63.8 Å². The Labute approximate surface area is 177 Å². The number of benzene rings is 3. The SMILES string of the molecule is C=Cc1cc2cc3c(cc2cc1C=C)=Cc1ccccc1CC=3.CC.CC.CC. The summed E-state index contributed by atoms with van der Waals surface area (Å²) in [5.74, 6) is 0. The third-order valence-electron chi connectivity index (χ3n) is 4.59. The van der Waals surface area contributed by atoms with Crippen molar-refractivity contribution in [3.05, 3.63) is 94.4 Å². The van der Waals surface area contributed by atoms with E-state index in [9.17, 15) is 0 Å². The molecule has 0 atom stereocenters. The minimum atomic E-state index is 0.976. The van der Waals surface area contributed by atoms with Crippen molar-refractivity contribution < 1.29 is 0 Å². The lowest BCUT2D eigenvalue weighted by Crippen LogP contribution is -2.23. The number of hydrogen-bond acceptors (Lipinski definition) is 0. The van der Waals surface area contributed by atoms with Crippen LogP contribution < -0.4 is 10.4 Å². The maximum atomic E-state index is 3.92. The summed E-state index contributed by atoms with van der Waals surface area (Å²) in [5, 5.41) is 5.08. The third kappa shape index (κ3) is 5.57. The topological polar surface area (TPSA) is 0 Å². The molecule has 0 unspecified atom stereocenters. The molecule has 1 aliphatic rings. The Morgan fingerprint density at radius 2 is 1.21 bits per heavy atom. The lowest BCUT2D eigenvalue weighted by atomic mass is 9.99. The van der Waals surface area contributed by atoms with Crippen LogP contribution in [0, 0.1) is 0 Å². The summed E-state index contributed by atoms with van der Waals surface area (Å²) in [6, 6.07) is 17.6. The minimum absolute atomic E-state index is 0.976. The molecule has 0 radical (unpaired) electrons. The van der Waals surface area contributed by atoms with Gasteiger partial charge in [-0.25, -0.2) is 0 Å². The Balaban J connectivity index is 0.000000644. The molecule has 0 aromatic heterocycles. The number of fused-ring (bicyclic) bond motifs is 3. The van der Waals surface area contributed by atoms with Crippen molar-refractivity contribution >= 4 is 35.1 Å². The highest BCUT2D eigenvalue weighted by atomic mass is 14.1. The van der Waals surface area contributed by atoms with Crippen LogP contribution in [0.3, 0.4) is 0 Å². The second-order valence-electron chi connectivity index (χ2n) is 5.97. The van der Waals surface area contributed by atoms with Gasteiger partial charge in [-0.05, 0) is 80.2 Å². The Morgan fingerprint density at radius 1 is 0.690 bits per heavy atom. The highest BCUT2D eigenvalue weighted by Crippen LogP contribution is 2.21. The maximum absolute atomic E-state index is 3.92. The summed E-state index contributed by atoms with van der Waals surface area (Å²) in [6.45, 7) is 19.8. The molecule has 0 aliphatic heterocycles. The van der Waals surface area contributed by atoms with Gasteiger partial charge in [0.05, 0.1) is 0 Å². The smallest absolute Gasteiger partial charge is 0.00823 e. The van der Waals surface area contributed by atoms with Gasteiger partial charge in [0.1, 0.15) is 0 Å². The molecule has 0 fully saturated rings. The minimum Gasteiger partial charge on any atom is -0.0984 e. The lowest BCUT2D eigenvalue weighted by molar-refractivity contribution is 1.32. The standard InChI is InChI=1S/C23H18.3C2H6/c1-3-16-11-22-14-20-10-9-18-7-5-6-8-19(18)13-21(20)15-23(22)12-17(16)4-2;3*1-2/h3-8,10-15H,1-2,9H2;3*1-2H3. The van der Waals surface area contributed by atoms with Crippen LogP contribution in [-0.4, -0.2) is 0 Å². The Bertz CT molecular complexity index is 1070. The van der Waals surface area contributed by atoms with Crippen LogP contribution in [0.15, 0.2) is 61.7 Å². The first kappa shape index (κ1) is 24.2. The van der Waals surface area contributed by atoms with Crippen LogP contribution >= 0.6 is 0 Å². The first-order chi connectivity index (χ1) is 14.3. The van der Waals surface area contributed by atoms with Crippen molar-refractivity contribution in [1.82, 2.24) is 0 Å². The van der Waals surface area contributed by atoms with Gasteiger partial charge < -0.3 is 0 Å². The van der Waals surface area contributed by atoms with Crippen LogP contribution in [0.4, 0.5) is 0 Å². The fourth-order valence-corrected chi connectivity index (χ4v) is 3.32. The zero-order chi connectivity index (χ0) is 21.8. The summed E-state index contributed by atoms with van der Waals surface area (Å²) in [4.78, 5) is 0. The molecule has 1 aliphatic carbocycles. The summed E-state index contributed by atoms with van der Waals surface area (Å²) >= 11 is 0. The van der Waals surface area contributed by atoms with Crippen molar-refractivity contribution in [3.63, 3.8) is 0 Å². The van der Waals surface area contributed by atoms with Gasteiger partial charge in [0.15, 0.2) is 0 Å². The van der Waals surface area contributed by atoms with E-state index in [4.69, 9.17) is 0 Å². The van der Waals surface area contributed by atoms with Crippen LogP contribution in [0.25, 0.3) is 35.1 Å². The van der Waals surface area contributed by atoms with Gasteiger partial charge in [-0.3, -0.25) is 0 Å². The number of rotatable bonds is 2. The summed E-state index contributed by atoms with van der Waals surface area (Å²) in [7, 11) is 0. The van der Waals surface area contributed by atoms with Crippen LogP contribution in [0.2, 0.25) is 0 Å². The molecule has 0 heterocycles. The van der Waals surface area contributed by atoms with Gasteiger partial charge in [0, 0.05) is 0 Å². The van der Waals surface area contributed by atoms with E-state index in [1.165, 1.54) is 32.3 Å². The Hall–Kier alpha value is -2.86. The number of hydrogen-bond donors (Lipinski definition) is 0. The summed E-state index contributed by atoms with van der Waals surface area (Å²) < 4.78 is 0. The lowest BCUT2D eigenvalue weighted by Gasteiger charge is -2.05. The highest BCUT2D eigenvalue weighted by Gasteiger charge is 2.05. The van der Waals surface area contributed by atoms with Crippen molar-refractivity contribution in [2.75, 3.05) is 0 Å². The summed E-state index contributed by atoms with van der Waals surface area (Å²) in [6.07, 6.45) is 9.39. The van der Waals surface area contributed by atoms with Gasteiger partial charge in [-0.15, -0.1) is 0 Å². The van der Waals surface area contributed by atoms with Crippen molar-refractivity contribution in [3.8, 4) is 0 Å². The molecule has 29 heavy (non-hydrogen) atoms. The molecule has 0 saturated carbocycles. The first-order valence-corrected chi connectivity index (χ1v) is 10.9. The molecule has 0 spiro atoms. The van der Waals surface area contributed by atoms with E-state index >= 15 is 0 Å². The molecule has 0 N–H and O–H groups in total. The van der Waals surface area contributed by atoms with E-state index in [0.717, 1.165) is 17.5 Å². The fourth-order valence-electron chi connectivity index (χ4n) is 3.32. The molecular formula is C29H36. The molecule has 152 valence electrons. The van der Waals surface area contributed by atoms with Crippen LogP contribution in [0.5, 0.6) is 0 Å². The van der Waals surface area contributed by atoms with E-state index in [0.29, 0.717) is 0 Å². The first-order valence-electron chi connectivity index (χ1n) is 10.9. The van der Waals surface area contributed by atoms with Gasteiger partial charge >= 0.3 is 0 Å². The third-order valence-corrected chi connectivity index (χ3v) is 4.59. The molecule has 3 aromatic carbocycles. The van der Waals surface area contributed by atoms with E-state index < -0.39 is 0 Å². The molecule has 4 rings (SSSR count). The summed E-state index contributed by atoms with van der Waals surface area (Å²) in [5.41, 5.74) is 4.96. The van der Waals surface area contributed by atoms with Gasteiger partial charge in [-0.1, -0.05) is 97.2 Å². The molecule has 0 nitrogen and oxygen atoms in total. The van der Waals surface area contributed by atoms with E-state index in [1.54, 1.807) is 0 Å². The molecule has 0 amide bonds. The van der Waals surface area contributed by atoms with E-state index in [2.05, 4.69) is 73.8 Å². The average molecular weight is 385 g/mol. The predicted octanol–water partition coefficient (Wildman–Crippen LogP) is 7.37. The van der Waals surface area contributed by atoms with E-state index in [1.807, 2.05) is 53.7 Å². The highest BCUT2D eigenvalue weighted by molar-refractivity contribution is 5.89. The van der Waals surface area contributed by atoms with Gasteiger partial charge in [-0.2, -0.15) is 0 Å². The van der Waals surface area contributed by atoms with Gasteiger partial charge in [0.2, 0.25) is 0 Å². The predicted molar refractivity (Wildman–Crippen MR) is 136 cm³/mol. The molecule has 0 bridgehead atoms. The maximum Gasteiger partial charge on any atom is -0.00823 e. The Kier molecular flexibility index (Phi) is 10.5. The second kappa shape index (κ2) is 12.6. The fraction of sp³-hybridized carbons (Fsp3) is 0.241. The van der Waals surface area contributed by atoms with Crippen molar-refractivity contribution in [1.29, 1.82) is 0 Å². The molecule has 3 aromatic rings. The van der Waals surface area contributed by atoms with Crippen molar-refractivity contribution in [2.24, 2.45) is 0 Å². The van der Waals surface area contributed by atoms with Crippen LogP contribution in [-0.2, 0) is 6.42 Å². The Morgan fingerprint density at radius 3 is 1.76 bits per heavy atom. The normalized spacial score (nSPS) is 10.4.